The molecule has 4 nitrogen and oxygen atoms in total. The molecule has 1 aliphatic carbocycles. The average Bonchev–Trinajstić information content (AvgIpc) is 3.24. The maximum Gasteiger partial charge on any atom is 0.415 e. The van der Waals surface area contributed by atoms with E-state index in [0.29, 0.717) is 12.3 Å². The number of benzene rings is 1. The summed E-state index contributed by atoms with van der Waals surface area (Å²) in [6.07, 6.45) is 3.83. The van der Waals surface area contributed by atoms with Gasteiger partial charge in [0.1, 0.15) is 11.6 Å². The number of carbonyl (C=O) groups is 2. The van der Waals surface area contributed by atoms with Gasteiger partial charge in [-0.25, -0.2) is 4.79 Å². The molecule has 0 aromatic heterocycles. The van der Waals surface area contributed by atoms with Crippen LogP contribution >= 0.6 is 0 Å². The van der Waals surface area contributed by atoms with E-state index >= 15 is 0 Å². The van der Waals surface area contributed by atoms with Crippen molar-refractivity contribution < 1.29 is 14.3 Å². The zero-order valence-corrected chi connectivity index (χ0v) is 13.9. The largest absolute Gasteiger partial charge is 0.443 e. The molecule has 0 bridgehead atoms. The second-order valence-corrected chi connectivity index (χ2v) is 7.30. The summed E-state index contributed by atoms with van der Waals surface area (Å²) in [5, 5.41) is 0. The predicted molar refractivity (Wildman–Crippen MR) is 87.8 cm³/mol. The third-order valence-corrected chi connectivity index (χ3v) is 4.07. The molecule has 1 atom stereocenters. The maximum absolute atomic E-state index is 12.7. The van der Waals surface area contributed by atoms with Crippen molar-refractivity contribution in [3.05, 3.63) is 47.7 Å². The number of nitrogens with zero attached hydrogens (tertiary/aromatic N) is 1. The van der Waals surface area contributed by atoms with Gasteiger partial charge in [0.2, 0.25) is 0 Å². The lowest BCUT2D eigenvalue weighted by Gasteiger charge is -2.30. The van der Waals surface area contributed by atoms with Crippen LogP contribution in [-0.2, 0) is 16.0 Å². The molecule has 4 heteroatoms. The Balaban J connectivity index is 1.84. The van der Waals surface area contributed by atoms with Crippen LogP contribution in [0.15, 0.2) is 42.1 Å². The van der Waals surface area contributed by atoms with Crippen molar-refractivity contribution >= 4 is 11.9 Å². The van der Waals surface area contributed by atoms with Crippen LogP contribution in [0.5, 0.6) is 0 Å². The van der Waals surface area contributed by atoms with Gasteiger partial charge in [0.25, 0.3) is 0 Å². The van der Waals surface area contributed by atoms with E-state index in [1.165, 1.54) is 0 Å². The summed E-state index contributed by atoms with van der Waals surface area (Å²) in [7, 11) is 0. The highest BCUT2D eigenvalue weighted by Crippen LogP contribution is 2.42. The lowest BCUT2D eigenvalue weighted by atomic mass is 10.0. The van der Waals surface area contributed by atoms with Gasteiger partial charge < -0.3 is 4.74 Å². The highest BCUT2D eigenvalue weighted by molar-refractivity contribution is 6.01. The molecule has 1 amide bonds. The van der Waals surface area contributed by atoms with Crippen LogP contribution in [0.4, 0.5) is 4.79 Å². The van der Waals surface area contributed by atoms with Crippen LogP contribution in [0.25, 0.3) is 0 Å². The minimum absolute atomic E-state index is 0.00149. The smallest absolute Gasteiger partial charge is 0.415 e. The van der Waals surface area contributed by atoms with Gasteiger partial charge in [-0.1, -0.05) is 30.3 Å². The summed E-state index contributed by atoms with van der Waals surface area (Å²) in [5.41, 5.74) is 1.31. The molecule has 0 radical (unpaired) electrons. The van der Waals surface area contributed by atoms with Crippen molar-refractivity contribution in [1.29, 1.82) is 0 Å². The quantitative estimate of drug-likeness (QED) is 0.854. The fourth-order valence-electron chi connectivity index (χ4n) is 2.89. The van der Waals surface area contributed by atoms with Crippen molar-refractivity contribution in [2.45, 2.75) is 51.7 Å². The molecule has 122 valence electrons. The summed E-state index contributed by atoms with van der Waals surface area (Å²) in [6.45, 7) is 5.53. The molecule has 0 N–H and O–H groups in total. The zero-order chi connectivity index (χ0) is 16.6. The van der Waals surface area contributed by atoms with E-state index in [1.807, 2.05) is 51.1 Å². The van der Waals surface area contributed by atoms with Gasteiger partial charge in [-0.2, -0.15) is 0 Å². The van der Waals surface area contributed by atoms with E-state index in [9.17, 15) is 9.59 Å². The van der Waals surface area contributed by atoms with E-state index < -0.39 is 17.7 Å². The van der Waals surface area contributed by atoms with Crippen LogP contribution < -0.4 is 0 Å². The molecule has 1 saturated carbocycles. The lowest BCUT2D eigenvalue weighted by Crippen LogP contribution is -2.43. The predicted octanol–water partition coefficient (Wildman–Crippen LogP) is 3.71. The molecule has 1 aromatic rings. The van der Waals surface area contributed by atoms with Crippen molar-refractivity contribution in [1.82, 2.24) is 4.90 Å². The van der Waals surface area contributed by atoms with Crippen molar-refractivity contribution in [3.8, 4) is 0 Å². The van der Waals surface area contributed by atoms with Crippen molar-refractivity contribution in [3.63, 3.8) is 0 Å². The molecular formula is C19H23NO3. The summed E-state index contributed by atoms with van der Waals surface area (Å²) in [5.74, 6) is 0.328. The number of amides is 1. The van der Waals surface area contributed by atoms with E-state index in [0.717, 1.165) is 24.1 Å². The molecular weight excluding hydrogens is 290 g/mol. The molecule has 1 aromatic carbocycles. The Hall–Kier alpha value is -2.10. The fourth-order valence-corrected chi connectivity index (χ4v) is 2.89. The number of allylic oxidation sites excluding steroid dienone is 1. The second kappa shape index (κ2) is 5.84. The second-order valence-electron chi connectivity index (χ2n) is 7.30. The number of hydrogen-bond acceptors (Lipinski definition) is 3. The number of carbonyl (C=O) groups excluding carboxylic acids is 2. The van der Waals surface area contributed by atoms with Crippen molar-refractivity contribution in [2.75, 3.05) is 0 Å². The number of ether oxygens (including phenoxy) is 1. The van der Waals surface area contributed by atoms with Crippen LogP contribution in [-0.4, -0.2) is 28.4 Å². The summed E-state index contributed by atoms with van der Waals surface area (Å²) in [4.78, 5) is 26.7. The normalized spacial score (nSPS) is 21.3. The van der Waals surface area contributed by atoms with E-state index in [-0.39, 0.29) is 5.78 Å². The first-order chi connectivity index (χ1) is 10.8. The van der Waals surface area contributed by atoms with Crippen molar-refractivity contribution in [2.24, 2.45) is 5.92 Å². The van der Waals surface area contributed by atoms with E-state index in [2.05, 4.69) is 0 Å². The number of ketones is 1. The molecule has 2 aliphatic rings. The highest BCUT2D eigenvalue weighted by Gasteiger charge is 2.44. The molecule has 0 unspecified atom stereocenters. The van der Waals surface area contributed by atoms with E-state index in [1.54, 1.807) is 11.0 Å². The first-order valence-corrected chi connectivity index (χ1v) is 8.17. The molecule has 1 heterocycles. The Morgan fingerprint density at radius 2 is 1.87 bits per heavy atom. The lowest BCUT2D eigenvalue weighted by molar-refractivity contribution is -0.117. The summed E-state index contributed by atoms with van der Waals surface area (Å²) in [6, 6.07) is 9.32. The van der Waals surface area contributed by atoms with Gasteiger partial charge in [0, 0.05) is 18.2 Å². The molecule has 3 rings (SSSR count). The molecule has 0 saturated heterocycles. The first kappa shape index (κ1) is 15.8. The number of hydrogen-bond donors (Lipinski definition) is 0. The Kier molecular flexibility index (Phi) is 4.00. The molecule has 0 spiro atoms. The molecule has 23 heavy (non-hydrogen) atoms. The van der Waals surface area contributed by atoms with Gasteiger partial charge in [0.15, 0.2) is 5.78 Å². The first-order valence-electron chi connectivity index (χ1n) is 8.17. The number of rotatable bonds is 3. The van der Waals surface area contributed by atoms with Gasteiger partial charge in [-0.3, -0.25) is 9.69 Å². The average molecular weight is 313 g/mol. The van der Waals surface area contributed by atoms with Crippen LogP contribution in [0, 0.1) is 5.92 Å². The standard InChI is InChI=1S/C19H23NO3/c1-19(2,3)23-18(22)20-15(14-9-10-14)12-17(21)16(20)11-13-7-5-4-6-8-13/h4-8,12,14,16H,9-11H2,1-3H3/t16-/m0/s1. The Morgan fingerprint density at radius 3 is 2.43 bits per heavy atom. The fraction of sp³-hybridized carbons (Fsp3) is 0.474. The summed E-state index contributed by atoms with van der Waals surface area (Å²) < 4.78 is 5.54. The van der Waals surface area contributed by atoms with E-state index in [4.69, 9.17) is 4.74 Å². The minimum Gasteiger partial charge on any atom is -0.443 e. The highest BCUT2D eigenvalue weighted by atomic mass is 16.6. The Bertz CT molecular complexity index is 638. The topological polar surface area (TPSA) is 46.6 Å². The van der Waals surface area contributed by atoms with Crippen LogP contribution in [0.2, 0.25) is 0 Å². The van der Waals surface area contributed by atoms with Gasteiger partial charge in [-0.05, 0) is 45.1 Å². The van der Waals surface area contributed by atoms with Gasteiger partial charge in [-0.15, -0.1) is 0 Å². The monoisotopic (exact) mass is 313 g/mol. The summed E-state index contributed by atoms with van der Waals surface area (Å²) >= 11 is 0. The zero-order valence-electron chi connectivity index (χ0n) is 13.9. The van der Waals surface area contributed by atoms with Crippen LogP contribution in [0.3, 0.4) is 0 Å². The third kappa shape index (κ3) is 3.63. The Morgan fingerprint density at radius 1 is 1.22 bits per heavy atom. The molecule has 1 fully saturated rings. The SMILES string of the molecule is CC(C)(C)OC(=O)N1C(C2CC2)=CC(=O)[C@@H]1Cc1ccccc1. The van der Waals surface area contributed by atoms with Gasteiger partial charge in [0.05, 0.1) is 0 Å². The third-order valence-electron chi connectivity index (χ3n) is 4.07. The van der Waals surface area contributed by atoms with Crippen LogP contribution in [0.1, 0.15) is 39.2 Å². The van der Waals surface area contributed by atoms with Gasteiger partial charge >= 0.3 is 6.09 Å². The minimum atomic E-state index is -0.575. The molecule has 1 aliphatic heterocycles. The Labute approximate surface area is 137 Å². The maximum atomic E-state index is 12.7.